The van der Waals surface area contributed by atoms with E-state index in [4.69, 9.17) is 5.73 Å². The average molecular weight is 414 g/mol. The highest BCUT2D eigenvalue weighted by Crippen LogP contribution is 2.25. The molecule has 2 heterocycles. The summed E-state index contributed by atoms with van der Waals surface area (Å²) in [7, 11) is 0. The van der Waals surface area contributed by atoms with Crippen LogP contribution in [0.1, 0.15) is 43.8 Å². The molecule has 1 aromatic carbocycles. The van der Waals surface area contributed by atoms with Crippen molar-refractivity contribution in [3.05, 3.63) is 48.2 Å². The molecule has 2 aromatic rings. The first-order valence-corrected chi connectivity index (χ1v) is 9.03. The van der Waals surface area contributed by atoms with Crippen LogP contribution in [0.5, 0.6) is 0 Å². The third-order valence-electron chi connectivity index (χ3n) is 4.92. The van der Waals surface area contributed by atoms with Crippen molar-refractivity contribution in [2.75, 3.05) is 25.0 Å². The first-order valence-electron chi connectivity index (χ1n) is 9.03. The molecule has 8 heteroatoms. The molecule has 0 saturated carbocycles. The van der Waals surface area contributed by atoms with Crippen molar-refractivity contribution in [2.45, 2.75) is 38.3 Å². The molecule has 0 spiro atoms. The van der Waals surface area contributed by atoms with Gasteiger partial charge in [0.2, 0.25) is 5.91 Å². The maximum absolute atomic E-state index is 12.4. The van der Waals surface area contributed by atoms with E-state index < -0.39 is 0 Å². The summed E-state index contributed by atoms with van der Waals surface area (Å²) >= 11 is 0. The third kappa shape index (κ3) is 6.21. The van der Waals surface area contributed by atoms with E-state index in [1.807, 2.05) is 41.1 Å². The van der Waals surface area contributed by atoms with E-state index in [2.05, 4.69) is 22.2 Å². The topological polar surface area (TPSA) is 76.2 Å². The van der Waals surface area contributed by atoms with Crippen LogP contribution in [0.25, 0.3) is 0 Å². The Kier molecular flexibility index (Phi) is 9.80. The normalized spacial score (nSPS) is 16.1. The number of aromatic nitrogens is 2. The van der Waals surface area contributed by atoms with Gasteiger partial charge in [-0.05, 0) is 24.9 Å². The molecule has 3 rings (SSSR count). The number of anilines is 1. The van der Waals surface area contributed by atoms with Gasteiger partial charge in [0, 0.05) is 31.6 Å². The summed E-state index contributed by atoms with van der Waals surface area (Å²) in [6.45, 7) is 5.43. The molecule has 1 unspecified atom stereocenters. The van der Waals surface area contributed by atoms with Crippen molar-refractivity contribution in [1.82, 2.24) is 14.7 Å². The minimum absolute atomic E-state index is 0. The van der Waals surface area contributed by atoms with Crippen LogP contribution in [-0.2, 0) is 4.79 Å². The quantitative estimate of drug-likeness (QED) is 0.760. The summed E-state index contributed by atoms with van der Waals surface area (Å²) in [5.74, 6) is 0.685. The van der Waals surface area contributed by atoms with Gasteiger partial charge in [-0.3, -0.25) is 4.79 Å². The van der Waals surface area contributed by atoms with E-state index in [1.165, 1.54) is 0 Å². The summed E-state index contributed by atoms with van der Waals surface area (Å²) in [6.07, 6.45) is 4.12. The number of piperidine rings is 1. The number of halogens is 2. The number of likely N-dealkylation sites (tertiary alicyclic amines) is 1. The first kappa shape index (κ1) is 23.4. The summed E-state index contributed by atoms with van der Waals surface area (Å²) in [5, 5.41) is 7.41. The fourth-order valence-corrected chi connectivity index (χ4v) is 3.40. The van der Waals surface area contributed by atoms with Crippen LogP contribution in [-0.4, -0.2) is 40.2 Å². The van der Waals surface area contributed by atoms with Gasteiger partial charge in [-0.2, -0.15) is 5.10 Å². The lowest BCUT2D eigenvalue weighted by atomic mass is 10.0. The molecule has 3 N–H and O–H groups in total. The largest absolute Gasteiger partial charge is 0.324 e. The minimum atomic E-state index is -0.301. The average Bonchev–Trinajstić information content (AvgIpc) is 3.10. The van der Waals surface area contributed by atoms with E-state index in [0.717, 1.165) is 43.9 Å². The van der Waals surface area contributed by atoms with Crippen molar-refractivity contribution in [1.29, 1.82) is 0 Å². The number of carbonyl (C=O) groups excluding carboxylic acids is 1. The maximum atomic E-state index is 12.4. The minimum Gasteiger partial charge on any atom is -0.324 e. The Hall–Kier alpha value is -1.60. The molecule has 1 amide bonds. The lowest BCUT2D eigenvalue weighted by molar-refractivity contribution is -0.116. The molecule has 150 valence electrons. The van der Waals surface area contributed by atoms with Gasteiger partial charge in [0.25, 0.3) is 0 Å². The molecular weight excluding hydrogens is 385 g/mol. The Bertz CT molecular complexity index is 686. The predicted molar refractivity (Wildman–Crippen MR) is 114 cm³/mol. The fourth-order valence-electron chi connectivity index (χ4n) is 3.40. The zero-order valence-electron chi connectivity index (χ0n) is 15.6. The molecule has 0 bridgehead atoms. The van der Waals surface area contributed by atoms with E-state index in [1.54, 1.807) is 6.20 Å². The lowest BCUT2D eigenvalue weighted by Gasteiger charge is -2.31. The van der Waals surface area contributed by atoms with Crippen LogP contribution in [0.15, 0.2) is 42.6 Å². The van der Waals surface area contributed by atoms with Crippen LogP contribution in [0, 0.1) is 0 Å². The Morgan fingerprint density at radius 3 is 2.52 bits per heavy atom. The molecule has 27 heavy (non-hydrogen) atoms. The lowest BCUT2D eigenvalue weighted by Crippen LogP contribution is -2.35. The first-order chi connectivity index (χ1) is 12.2. The summed E-state index contributed by atoms with van der Waals surface area (Å²) in [6, 6.07) is 11.6. The van der Waals surface area contributed by atoms with Gasteiger partial charge >= 0.3 is 0 Å². The van der Waals surface area contributed by atoms with Gasteiger partial charge in [0.15, 0.2) is 0 Å². The van der Waals surface area contributed by atoms with E-state index in [-0.39, 0.29) is 43.2 Å². The van der Waals surface area contributed by atoms with Gasteiger partial charge < -0.3 is 16.0 Å². The van der Waals surface area contributed by atoms with Crippen LogP contribution in [0.3, 0.4) is 0 Å². The summed E-state index contributed by atoms with van der Waals surface area (Å²) in [4.78, 5) is 14.8. The number of nitrogens with one attached hydrogen (secondary N) is 1. The Morgan fingerprint density at radius 2 is 1.89 bits per heavy atom. The number of benzene rings is 1. The van der Waals surface area contributed by atoms with Gasteiger partial charge in [-0.25, -0.2) is 4.68 Å². The van der Waals surface area contributed by atoms with Crippen molar-refractivity contribution >= 4 is 36.5 Å². The standard InChI is InChI=1S/C19H27N5O.2ClH/c1-2-23-12-9-16(10-13-23)24-18(8-11-21-24)22-19(25)14-17(20)15-6-4-3-5-7-15;;/h3-8,11,16-17H,2,9-10,12-14,20H2,1H3,(H,22,25);2*1H. The van der Waals surface area contributed by atoms with E-state index >= 15 is 0 Å². The van der Waals surface area contributed by atoms with Gasteiger partial charge in [0.05, 0.1) is 12.2 Å². The molecule has 1 aliphatic heterocycles. The Morgan fingerprint density at radius 1 is 1.22 bits per heavy atom. The molecule has 0 aliphatic carbocycles. The number of nitrogens with two attached hydrogens (primary N) is 1. The van der Waals surface area contributed by atoms with Crippen molar-refractivity contribution in [3.63, 3.8) is 0 Å². The van der Waals surface area contributed by atoms with Crippen molar-refractivity contribution in [3.8, 4) is 0 Å². The highest BCUT2D eigenvalue weighted by Gasteiger charge is 2.22. The molecule has 1 saturated heterocycles. The van der Waals surface area contributed by atoms with Crippen LogP contribution in [0.4, 0.5) is 5.82 Å². The second-order valence-electron chi connectivity index (χ2n) is 6.60. The maximum Gasteiger partial charge on any atom is 0.227 e. The highest BCUT2D eigenvalue weighted by molar-refractivity contribution is 5.90. The number of nitrogens with zero attached hydrogens (tertiary/aromatic N) is 3. The molecule has 1 atom stereocenters. The zero-order chi connectivity index (χ0) is 17.6. The van der Waals surface area contributed by atoms with Crippen LogP contribution >= 0.6 is 24.8 Å². The van der Waals surface area contributed by atoms with Crippen LogP contribution in [0.2, 0.25) is 0 Å². The van der Waals surface area contributed by atoms with Crippen molar-refractivity contribution in [2.24, 2.45) is 5.73 Å². The third-order valence-corrected chi connectivity index (χ3v) is 4.92. The monoisotopic (exact) mass is 413 g/mol. The highest BCUT2D eigenvalue weighted by atomic mass is 35.5. The Labute approximate surface area is 173 Å². The fraction of sp³-hybridized carbons (Fsp3) is 0.474. The second-order valence-corrected chi connectivity index (χ2v) is 6.60. The number of hydrogen-bond donors (Lipinski definition) is 2. The number of hydrogen-bond acceptors (Lipinski definition) is 4. The van der Waals surface area contributed by atoms with Gasteiger partial charge in [0.1, 0.15) is 5.82 Å². The Balaban J connectivity index is 0.00000182. The molecule has 6 nitrogen and oxygen atoms in total. The predicted octanol–water partition coefficient (Wildman–Crippen LogP) is 3.41. The SMILES string of the molecule is CCN1CCC(n2nccc2NC(=O)CC(N)c2ccccc2)CC1.Cl.Cl. The van der Waals surface area contributed by atoms with E-state index in [0.29, 0.717) is 6.04 Å². The zero-order valence-corrected chi connectivity index (χ0v) is 17.2. The van der Waals surface area contributed by atoms with Crippen LogP contribution < -0.4 is 11.1 Å². The molecule has 1 aliphatic rings. The smallest absolute Gasteiger partial charge is 0.227 e. The summed E-state index contributed by atoms with van der Waals surface area (Å²) in [5.41, 5.74) is 7.12. The number of carbonyl (C=O) groups is 1. The molecule has 1 aromatic heterocycles. The second kappa shape index (κ2) is 11.3. The molecular formula is C19H29Cl2N5O. The number of amides is 1. The number of rotatable bonds is 6. The van der Waals surface area contributed by atoms with Crippen molar-refractivity contribution < 1.29 is 4.79 Å². The molecule has 1 fully saturated rings. The van der Waals surface area contributed by atoms with E-state index in [9.17, 15) is 4.79 Å². The molecule has 0 radical (unpaired) electrons. The van der Waals surface area contributed by atoms with Gasteiger partial charge in [-0.15, -0.1) is 24.8 Å². The summed E-state index contributed by atoms with van der Waals surface area (Å²) < 4.78 is 1.96. The van der Waals surface area contributed by atoms with Gasteiger partial charge in [-0.1, -0.05) is 37.3 Å².